The first-order valence-corrected chi connectivity index (χ1v) is 9.43. The van der Waals surface area contributed by atoms with Gasteiger partial charge in [0.15, 0.2) is 0 Å². The van der Waals surface area contributed by atoms with Gasteiger partial charge in [0.1, 0.15) is 0 Å². The third-order valence-electron chi connectivity index (χ3n) is 3.85. The van der Waals surface area contributed by atoms with E-state index in [0.717, 1.165) is 38.2 Å². The standard InChI is InChI=1S/C15H25N3O2S/c1-3-18-11-6-7-13(10-12-18)16-14-8-4-5-9-15(14)17-21(2,19)20/h4-5,8-9,13,16-17H,3,6-7,10-12H2,1-2H3. The minimum Gasteiger partial charge on any atom is -0.381 e. The monoisotopic (exact) mass is 311 g/mol. The van der Waals surface area contributed by atoms with Crippen LogP contribution >= 0.6 is 0 Å². The fraction of sp³-hybridized carbons (Fsp3) is 0.600. The molecule has 1 fully saturated rings. The van der Waals surface area contributed by atoms with E-state index in [1.54, 1.807) is 6.07 Å². The molecule has 6 heteroatoms. The van der Waals surface area contributed by atoms with E-state index in [9.17, 15) is 8.42 Å². The smallest absolute Gasteiger partial charge is 0.229 e. The van der Waals surface area contributed by atoms with Crippen molar-refractivity contribution in [2.45, 2.75) is 32.2 Å². The molecule has 0 aromatic heterocycles. The number of nitrogens with one attached hydrogen (secondary N) is 2. The van der Waals surface area contributed by atoms with Crippen LogP contribution in [0.3, 0.4) is 0 Å². The maximum absolute atomic E-state index is 11.4. The summed E-state index contributed by atoms with van der Waals surface area (Å²) in [5, 5.41) is 3.50. The van der Waals surface area contributed by atoms with Crippen molar-refractivity contribution in [1.29, 1.82) is 0 Å². The molecule has 5 nitrogen and oxygen atoms in total. The molecule has 118 valence electrons. The van der Waals surface area contributed by atoms with Crippen LogP contribution in [-0.2, 0) is 10.0 Å². The molecule has 1 unspecified atom stereocenters. The van der Waals surface area contributed by atoms with Gasteiger partial charge in [0, 0.05) is 12.6 Å². The van der Waals surface area contributed by atoms with E-state index in [-0.39, 0.29) is 0 Å². The summed E-state index contributed by atoms with van der Waals surface area (Å²) >= 11 is 0. The molecule has 1 saturated heterocycles. The van der Waals surface area contributed by atoms with Gasteiger partial charge in [0.05, 0.1) is 17.6 Å². The maximum atomic E-state index is 11.4. The van der Waals surface area contributed by atoms with Gasteiger partial charge in [-0.1, -0.05) is 19.1 Å². The Balaban J connectivity index is 2.05. The Morgan fingerprint density at radius 1 is 1.19 bits per heavy atom. The lowest BCUT2D eigenvalue weighted by molar-refractivity contribution is 0.300. The summed E-state index contributed by atoms with van der Waals surface area (Å²) in [7, 11) is -3.26. The number of anilines is 2. The molecule has 1 heterocycles. The largest absolute Gasteiger partial charge is 0.381 e. The topological polar surface area (TPSA) is 61.4 Å². The van der Waals surface area contributed by atoms with E-state index in [1.165, 1.54) is 12.7 Å². The Morgan fingerprint density at radius 2 is 1.90 bits per heavy atom. The fourth-order valence-corrected chi connectivity index (χ4v) is 3.31. The van der Waals surface area contributed by atoms with Crippen molar-refractivity contribution in [3.8, 4) is 0 Å². The Kier molecular flexibility index (Phi) is 5.47. The summed E-state index contributed by atoms with van der Waals surface area (Å²) in [6.07, 6.45) is 4.55. The van der Waals surface area contributed by atoms with Crippen molar-refractivity contribution >= 4 is 21.4 Å². The van der Waals surface area contributed by atoms with Crippen LogP contribution in [0.4, 0.5) is 11.4 Å². The molecular formula is C15H25N3O2S. The molecule has 0 amide bonds. The van der Waals surface area contributed by atoms with E-state index in [2.05, 4.69) is 21.9 Å². The van der Waals surface area contributed by atoms with Crippen molar-refractivity contribution in [1.82, 2.24) is 4.90 Å². The number of hydrogen-bond donors (Lipinski definition) is 2. The second-order valence-corrected chi connectivity index (χ2v) is 7.37. The molecular weight excluding hydrogens is 286 g/mol. The van der Waals surface area contributed by atoms with Gasteiger partial charge in [-0.05, 0) is 44.5 Å². The molecule has 1 aliphatic heterocycles. The zero-order valence-electron chi connectivity index (χ0n) is 12.8. The van der Waals surface area contributed by atoms with Crippen molar-refractivity contribution in [2.24, 2.45) is 0 Å². The van der Waals surface area contributed by atoms with E-state index in [0.29, 0.717) is 11.7 Å². The van der Waals surface area contributed by atoms with Crippen LogP contribution < -0.4 is 10.0 Å². The van der Waals surface area contributed by atoms with Gasteiger partial charge in [-0.3, -0.25) is 4.72 Å². The van der Waals surface area contributed by atoms with Crippen molar-refractivity contribution in [2.75, 3.05) is 35.9 Å². The van der Waals surface area contributed by atoms with Gasteiger partial charge in [-0.15, -0.1) is 0 Å². The lowest BCUT2D eigenvalue weighted by Crippen LogP contribution is -2.26. The van der Waals surface area contributed by atoms with E-state index < -0.39 is 10.0 Å². The van der Waals surface area contributed by atoms with Crippen LogP contribution in [0.25, 0.3) is 0 Å². The number of para-hydroxylation sites is 2. The van der Waals surface area contributed by atoms with Crippen LogP contribution in [0.15, 0.2) is 24.3 Å². The molecule has 0 radical (unpaired) electrons. The van der Waals surface area contributed by atoms with Crippen LogP contribution in [0.1, 0.15) is 26.2 Å². The normalized spacial score (nSPS) is 20.8. The molecule has 1 atom stereocenters. The fourth-order valence-electron chi connectivity index (χ4n) is 2.73. The van der Waals surface area contributed by atoms with Crippen LogP contribution in [0.2, 0.25) is 0 Å². The third-order valence-corrected chi connectivity index (χ3v) is 4.44. The molecule has 2 N–H and O–H groups in total. The van der Waals surface area contributed by atoms with Gasteiger partial charge >= 0.3 is 0 Å². The second kappa shape index (κ2) is 7.13. The van der Waals surface area contributed by atoms with Crippen molar-refractivity contribution in [3.05, 3.63) is 24.3 Å². The SMILES string of the molecule is CCN1CCCC(Nc2ccccc2NS(C)(=O)=O)CC1. The van der Waals surface area contributed by atoms with E-state index in [4.69, 9.17) is 0 Å². The molecule has 1 aromatic carbocycles. The summed E-state index contributed by atoms with van der Waals surface area (Å²) in [5.74, 6) is 0. The molecule has 0 bridgehead atoms. The highest BCUT2D eigenvalue weighted by molar-refractivity contribution is 7.92. The lowest BCUT2D eigenvalue weighted by Gasteiger charge is -2.21. The molecule has 0 aliphatic carbocycles. The molecule has 1 aromatic rings. The summed E-state index contributed by atoms with van der Waals surface area (Å²) in [6, 6.07) is 7.87. The van der Waals surface area contributed by atoms with Gasteiger partial charge < -0.3 is 10.2 Å². The number of hydrogen-bond acceptors (Lipinski definition) is 4. The van der Waals surface area contributed by atoms with Crippen LogP contribution in [0.5, 0.6) is 0 Å². The Bertz CT molecular complexity index is 560. The number of likely N-dealkylation sites (tertiary alicyclic amines) is 1. The number of nitrogens with zero attached hydrogens (tertiary/aromatic N) is 1. The van der Waals surface area contributed by atoms with Gasteiger partial charge in [0.25, 0.3) is 0 Å². The summed E-state index contributed by atoms with van der Waals surface area (Å²) in [5.41, 5.74) is 1.48. The van der Waals surface area contributed by atoms with Crippen molar-refractivity contribution in [3.63, 3.8) is 0 Å². The molecule has 0 spiro atoms. The van der Waals surface area contributed by atoms with Crippen LogP contribution in [-0.4, -0.2) is 45.2 Å². The second-order valence-electron chi connectivity index (χ2n) is 5.63. The average molecular weight is 311 g/mol. The summed E-state index contributed by atoms with van der Waals surface area (Å²) in [4.78, 5) is 2.46. The van der Waals surface area contributed by atoms with Gasteiger partial charge in [-0.25, -0.2) is 8.42 Å². The molecule has 2 rings (SSSR count). The molecule has 21 heavy (non-hydrogen) atoms. The molecule has 1 aliphatic rings. The first kappa shape index (κ1) is 16.1. The summed E-state index contributed by atoms with van der Waals surface area (Å²) in [6.45, 7) is 5.53. The average Bonchev–Trinajstić information content (AvgIpc) is 2.64. The third kappa shape index (κ3) is 5.21. The Morgan fingerprint density at radius 3 is 2.57 bits per heavy atom. The number of rotatable bonds is 5. The Hall–Kier alpha value is -1.27. The lowest BCUT2D eigenvalue weighted by atomic mass is 10.1. The highest BCUT2D eigenvalue weighted by atomic mass is 32.2. The van der Waals surface area contributed by atoms with Crippen LogP contribution in [0, 0.1) is 0 Å². The Labute approximate surface area is 127 Å². The minimum absolute atomic E-state index is 0.393. The maximum Gasteiger partial charge on any atom is 0.229 e. The number of benzene rings is 1. The first-order valence-electron chi connectivity index (χ1n) is 7.53. The highest BCUT2D eigenvalue weighted by Gasteiger charge is 2.17. The van der Waals surface area contributed by atoms with Crippen molar-refractivity contribution < 1.29 is 8.42 Å². The van der Waals surface area contributed by atoms with E-state index in [1.807, 2.05) is 18.2 Å². The molecule has 0 saturated carbocycles. The van der Waals surface area contributed by atoms with Gasteiger partial charge in [-0.2, -0.15) is 0 Å². The first-order chi connectivity index (χ1) is 9.98. The zero-order chi connectivity index (χ0) is 15.3. The predicted octanol–water partition coefficient (Wildman–Crippen LogP) is 2.34. The zero-order valence-corrected chi connectivity index (χ0v) is 13.6. The summed E-state index contributed by atoms with van der Waals surface area (Å²) < 4.78 is 25.4. The quantitative estimate of drug-likeness (QED) is 0.876. The minimum atomic E-state index is -3.26. The number of sulfonamides is 1. The highest BCUT2D eigenvalue weighted by Crippen LogP contribution is 2.25. The van der Waals surface area contributed by atoms with E-state index >= 15 is 0 Å². The van der Waals surface area contributed by atoms with Gasteiger partial charge in [0.2, 0.25) is 10.0 Å². The predicted molar refractivity (Wildman–Crippen MR) is 88.3 cm³/mol.